The fourth-order valence-corrected chi connectivity index (χ4v) is 1.65. The molecule has 0 heterocycles. The van der Waals surface area contributed by atoms with Gasteiger partial charge in [0.25, 0.3) is 0 Å². The van der Waals surface area contributed by atoms with E-state index in [9.17, 15) is 26.3 Å². The van der Waals surface area contributed by atoms with Crippen molar-refractivity contribution in [2.24, 2.45) is 0 Å². The van der Waals surface area contributed by atoms with Gasteiger partial charge in [0.1, 0.15) is 5.75 Å². The molecule has 0 aliphatic carbocycles. The molecule has 0 aliphatic rings. The maximum atomic E-state index is 13.9. The normalized spacial score (nSPS) is 12.1. The molecule has 0 fully saturated rings. The maximum absolute atomic E-state index is 13.9. The minimum atomic E-state index is -4.59. The van der Waals surface area contributed by atoms with Crippen LogP contribution >= 0.6 is 0 Å². The molecule has 0 saturated carbocycles. The Kier molecular flexibility index (Phi) is 4.72. The van der Waals surface area contributed by atoms with Gasteiger partial charge >= 0.3 is 12.3 Å². The molecule has 0 radical (unpaired) electrons. The second-order valence-corrected chi connectivity index (χ2v) is 4.48. The lowest BCUT2D eigenvalue weighted by molar-refractivity contribution is -0.186. The third kappa shape index (κ3) is 4.80. The minimum Gasteiger partial charge on any atom is -0.484 e. The molecule has 124 valence electrons. The predicted octanol–water partition coefficient (Wildman–Crippen LogP) is 4.90. The molecule has 0 bridgehead atoms. The highest BCUT2D eigenvalue weighted by Crippen LogP contribution is 2.34. The van der Waals surface area contributed by atoms with E-state index in [-0.39, 0.29) is 0 Å². The second kappa shape index (κ2) is 6.39. The third-order valence-electron chi connectivity index (χ3n) is 2.65. The first kappa shape index (κ1) is 17.0. The van der Waals surface area contributed by atoms with E-state index >= 15 is 0 Å². The van der Waals surface area contributed by atoms with Crippen molar-refractivity contribution in [2.75, 3.05) is 6.61 Å². The van der Waals surface area contributed by atoms with E-state index in [0.717, 1.165) is 24.3 Å². The van der Waals surface area contributed by atoms with Gasteiger partial charge in [-0.05, 0) is 24.3 Å². The summed E-state index contributed by atoms with van der Waals surface area (Å²) in [6.07, 6.45) is -8.39. The summed E-state index contributed by atoms with van der Waals surface area (Å²) in [6, 6.07) is 8.66. The van der Waals surface area contributed by atoms with Gasteiger partial charge in [-0.3, -0.25) is 0 Å². The van der Waals surface area contributed by atoms with Gasteiger partial charge in [0.2, 0.25) is 0 Å². The van der Waals surface area contributed by atoms with Crippen LogP contribution in [0.2, 0.25) is 0 Å². The highest BCUT2D eigenvalue weighted by atomic mass is 19.4. The van der Waals surface area contributed by atoms with E-state index in [1.54, 1.807) is 0 Å². The summed E-state index contributed by atoms with van der Waals surface area (Å²) in [5.74, 6) is -2.52. The van der Waals surface area contributed by atoms with E-state index in [4.69, 9.17) is 0 Å². The van der Waals surface area contributed by atoms with E-state index in [1.807, 2.05) is 0 Å². The Morgan fingerprint density at radius 1 is 0.870 bits per heavy atom. The molecule has 0 saturated heterocycles. The van der Waals surface area contributed by atoms with Crippen LogP contribution in [0.4, 0.5) is 26.3 Å². The molecule has 0 spiro atoms. The Bertz CT molecular complexity index is 655. The van der Waals surface area contributed by atoms with Gasteiger partial charge in [-0.1, -0.05) is 18.2 Å². The topological polar surface area (TPSA) is 18.5 Å². The molecular weight excluding hydrogens is 326 g/mol. The molecule has 2 rings (SSSR count). The van der Waals surface area contributed by atoms with Gasteiger partial charge in [-0.2, -0.15) is 22.0 Å². The first-order valence-electron chi connectivity index (χ1n) is 6.29. The lowest BCUT2D eigenvalue weighted by atomic mass is 10.2. The number of ether oxygens (including phenoxy) is 2. The monoisotopic (exact) mass is 336 g/mol. The minimum absolute atomic E-state index is 0.449. The van der Waals surface area contributed by atoms with Crippen molar-refractivity contribution in [3.63, 3.8) is 0 Å². The number of hydrogen-bond donors (Lipinski definition) is 0. The van der Waals surface area contributed by atoms with Crippen molar-refractivity contribution < 1.29 is 35.8 Å². The van der Waals surface area contributed by atoms with Crippen molar-refractivity contribution in [1.82, 2.24) is 0 Å². The highest BCUT2D eigenvalue weighted by molar-refractivity contribution is 5.34. The maximum Gasteiger partial charge on any atom is 0.426 e. The van der Waals surface area contributed by atoms with Crippen LogP contribution in [0.25, 0.3) is 0 Å². The first-order valence-corrected chi connectivity index (χ1v) is 6.29. The Morgan fingerprint density at radius 3 is 2.09 bits per heavy atom. The number of halogens is 6. The zero-order chi connectivity index (χ0) is 17.1. The second-order valence-electron chi connectivity index (χ2n) is 4.48. The van der Waals surface area contributed by atoms with Crippen LogP contribution in [0.5, 0.6) is 11.5 Å². The van der Waals surface area contributed by atoms with Crippen molar-refractivity contribution >= 4 is 0 Å². The van der Waals surface area contributed by atoms with Crippen molar-refractivity contribution in [3.8, 4) is 11.5 Å². The largest absolute Gasteiger partial charge is 0.484 e. The van der Waals surface area contributed by atoms with Gasteiger partial charge in [0.05, 0.1) is 5.56 Å². The third-order valence-corrected chi connectivity index (χ3v) is 2.65. The summed E-state index contributed by atoms with van der Waals surface area (Å²) < 4.78 is 86.0. The Hall–Kier alpha value is -2.38. The van der Waals surface area contributed by atoms with Crippen molar-refractivity contribution in [2.45, 2.75) is 12.3 Å². The summed E-state index contributed by atoms with van der Waals surface area (Å²) in [7, 11) is 0. The lowest BCUT2D eigenvalue weighted by Crippen LogP contribution is -2.22. The van der Waals surface area contributed by atoms with E-state index < -0.39 is 41.8 Å². The van der Waals surface area contributed by atoms with Crippen LogP contribution in [0, 0.1) is 5.82 Å². The van der Waals surface area contributed by atoms with Crippen LogP contribution in [0.1, 0.15) is 5.56 Å². The molecule has 23 heavy (non-hydrogen) atoms. The summed E-state index contributed by atoms with van der Waals surface area (Å²) in [4.78, 5) is 0. The average Bonchev–Trinajstić information content (AvgIpc) is 2.48. The van der Waals surface area contributed by atoms with Crippen molar-refractivity contribution in [1.29, 1.82) is 0 Å². The quantitative estimate of drug-likeness (QED) is 0.724. The summed E-state index contributed by atoms with van der Waals surface area (Å²) >= 11 is 0. The van der Waals surface area contributed by atoms with Crippen LogP contribution in [-0.2, 0) is 6.11 Å². The fraction of sp³-hybridized carbons (Fsp3) is 0.200. The Labute approximate surface area is 127 Å². The van der Waals surface area contributed by atoms with E-state index in [0.29, 0.717) is 6.07 Å². The van der Waals surface area contributed by atoms with Crippen LogP contribution in [-0.4, -0.2) is 12.8 Å². The van der Waals surface area contributed by atoms with Gasteiger partial charge in [-0.25, -0.2) is 4.39 Å². The molecule has 0 N–H and O–H groups in total. The smallest absolute Gasteiger partial charge is 0.426 e. The van der Waals surface area contributed by atoms with E-state index in [1.165, 1.54) is 18.2 Å². The molecule has 2 aromatic rings. The van der Waals surface area contributed by atoms with Gasteiger partial charge < -0.3 is 9.47 Å². The molecule has 0 aliphatic heterocycles. The number of alkyl halides is 5. The van der Waals surface area contributed by atoms with Crippen molar-refractivity contribution in [3.05, 3.63) is 59.9 Å². The molecule has 0 atom stereocenters. The molecular formula is C15H10F6O2. The predicted molar refractivity (Wildman–Crippen MR) is 68.9 cm³/mol. The lowest BCUT2D eigenvalue weighted by Gasteiger charge is -2.19. The molecule has 0 amide bonds. The van der Waals surface area contributed by atoms with Gasteiger partial charge in [-0.15, -0.1) is 0 Å². The molecule has 0 aromatic heterocycles. The van der Waals surface area contributed by atoms with E-state index in [2.05, 4.69) is 9.47 Å². The molecule has 0 unspecified atom stereocenters. The zero-order valence-corrected chi connectivity index (χ0v) is 11.4. The highest BCUT2D eigenvalue weighted by Gasteiger charge is 2.35. The summed E-state index contributed by atoms with van der Waals surface area (Å²) in [5.41, 5.74) is -0.489. The van der Waals surface area contributed by atoms with Crippen LogP contribution in [0.3, 0.4) is 0 Å². The number of benzene rings is 2. The number of rotatable bonds is 5. The zero-order valence-electron chi connectivity index (χ0n) is 11.4. The Balaban J connectivity index is 2.12. The SMILES string of the molecule is Fc1cc(OCC(F)(F)F)ccc1OC(F)(F)c1ccccc1. The molecule has 2 nitrogen and oxygen atoms in total. The molecule has 8 heteroatoms. The average molecular weight is 336 g/mol. The first-order chi connectivity index (χ1) is 10.7. The fourth-order valence-electron chi connectivity index (χ4n) is 1.65. The Morgan fingerprint density at radius 2 is 1.52 bits per heavy atom. The van der Waals surface area contributed by atoms with Crippen LogP contribution < -0.4 is 9.47 Å². The van der Waals surface area contributed by atoms with Gasteiger partial charge in [0.15, 0.2) is 18.2 Å². The summed E-state index contributed by atoms with van der Waals surface area (Å²) in [5, 5.41) is 0. The van der Waals surface area contributed by atoms with Gasteiger partial charge in [0, 0.05) is 6.07 Å². The summed E-state index contributed by atoms with van der Waals surface area (Å²) in [6.45, 7) is -1.62. The molecule has 2 aromatic carbocycles. The van der Waals surface area contributed by atoms with Crippen LogP contribution in [0.15, 0.2) is 48.5 Å². The number of hydrogen-bond acceptors (Lipinski definition) is 2. The standard InChI is InChI=1S/C15H10F6O2/c16-12-8-11(22-9-14(17,18)19)6-7-13(12)23-15(20,21)10-4-2-1-3-5-10/h1-8H,9H2.